The Bertz CT molecular complexity index is 1400. The maximum atomic E-state index is 14.5. The second kappa shape index (κ2) is 9.48. The third-order valence-corrected chi connectivity index (χ3v) is 6.96. The molecule has 2 unspecified atom stereocenters. The van der Waals surface area contributed by atoms with Crippen LogP contribution in [0.3, 0.4) is 0 Å². The van der Waals surface area contributed by atoms with Crippen LogP contribution in [0.25, 0.3) is 33.4 Å². The zero-order chi connectivity index (χ0) is 24.6. The third kappa shape index (κ3) is 4.08. The van der Waals surface area contributed by atoms with E-state index >= 15 is 0 Å². The summed E-state index contributed by atoms with van der Waals surface area (Å²) in [4.78, 5) is 12.1. The lowest BCUT2D eigenvalue weighted by Crippen LogP contribution is -2.41. The van der Waals surface area contributed by atoms with Gasteiger partial charge in [0.1, 0.15) is 22.8 Å². The number of ether oxygens (including phenoxy) is 2. The molecule has 2 fully saturated rings. The molecule has 0 aliphatic carbocycles. The van der Waals surface area contributed by atoms with Crippen molar-refractivity contribution in [2.75, 3.05) is 36.9 Å². The number of anilines is 2. The van der Waals surface area contributed by atoms with E-state index in [0.717, 1.165) is 41.7 Å². The maximum absolute atomic E-state index is 14.5. The molecule has 2 aliphatic heterocycles. The number of hydrogen-bond donors (Lipinski definition) is 1. The highest BCUT2D eigenvalue weighted by atomic mass is 19.1. The average Bonchev–Trinajstić information content (AvgIpc) is 3.40. The lowest BCUT2D eigenvalue weighted by Gasteiger charge is -2.32. The summed E-state index contributed by atoms with van der Waals surface area (Å²) in [7, 11) is 0. The van der Waals surface area contributed by atoms with Crippen molar-refractivity contribution >= 4 is 22.4 Å². The normalized spacial score (nSPS) is 20.7. The van der Waals surface area contributed by atoms with Gasteiger partial charge in [-0.05, 0) is 56.0 Å². The summed E-state index contributed by atoms with van der Waals surface area (Å²) >= 11 is 0. The number of aromatic nitrogens is 4. The second-order valence-electron chi connectivity index (χ2n) is 9.39. The van der Waals surface area contributed by atoms with Gasteiger partial charge in [-0.3, -0.25) is 4.98 Å². The highest BCUT2D eigenvalue weighted by Crippen LogP contribution is 2.39. The summed E-state index contributed by atoms with van der Waals surface area (Å²) in [5, 5.41) is 5.43. The summed E-state index contributed by atoms with van der Waals surface area (Å²) < 4.78 is 28.2. The van der Waals surface area contributed by atoms with Crippen LogP contribution in [0.2, 0.25) is 0 Å². The third-order valence-electron chi connectivity index (χ3n) is 6.96. The first-order valence-electron chi connectivity index (χ1n) is 12.5. The molecule has 5 heterocycles. The Hall–Kier alpha value is -3.56. The number of halogens is 1. The number of fused-ring (bicyclic) bond motifs is 1. The molecule has 1 aromatic carbocycles. The topological polar surface area (TPSA) is 91.3 Å². The van der Waals surface area contributed by atoms with Crippen LogP contribution in [0.1, 0.15) is 32.4 Å². The fourth-order valence-electron chi connectivity index (χ4n) is 5.16. The number of rotatable bonds is 4. The second-order valence-corrected chi connectivity index (χ2v) is 9.39. The van der Waals surface area contributed by atoms with E-state index in [1.54, 1.807) is 18.5 Å². The first kappa shape index (κ1) is 22.9. The van der Waals surface area contributed by atoms with Crippen molar-refractivity contribution in [1.29, 1.82) is 0 Å². The molecule has 3 aromatic heterocycles. The van der Waals surface area contributed by atoms with Crippen molar-refractivity contribution in [1.82, 2.24) is 19.7 Å². The molecule has 9 heteroatoms. The van der Waals surface area contributed by atoms with Crippen molar-refractivity contribution in [3.8, 4) is 22.5 Å². The highest BCUT2D eigenvalue weighted by Gasteiger charge is 2.25. The van der Waals surface area contributed by atoms with E-state index in [-0.39, 0.29) is 18.0 Å². The molecular weight excluding hydrogens is 459 g/mol. The summed E-state index contributed by atoms with van der Waals surface area (Å²) in [5.41, 5.74) is 10.1. The van der Waals surface area contributed by atoms with E-state index in [2.05, 4.69) is 10.00 Å². The van der Waals surface area contributed by atoms with Gasteiger partial charge in [0.05, 0.1) is 24.1 Å². The van der Waals surface area contributed by atoms with Gasteiger partial charge in [-0.25, -0.2) is 14.1 Å². The number of hydrogen-bond acceptors (Lipinski definition) is 7. The zero-order valence-corrected chi connectivity index (χ0v) is 20.2. The molecule has 0 spiro atoms. The fraction of sp³-hybridized carbons (Fsp3) is 0.370. The predicted molar refractivity (Wildman–Crippen MR) is 137 cm³/mol. The van der Waals surface area contributed by atoms with E-state index in [4.69, 9.17) is 25.2 Å². The van der Waals surface area contributed by atoms with E-state index in [1.807, 2.05) is 35.9 Å². The molecule has 8 nitrogen and oxygen atoms in total. The zero-order valence-electron chi connectivity index (χ0n) is 20.2. The molecule has 186 valence electrons. The first-order valence-corrected chi connectivity index (χ1v) is 12.5. The van der Waals surface area contributed by atoms with Crippen molar-refractivity contribution in [2.45, 2.75) is 38.5 Å². The van der Waals surface area contributed by atoms with Gasteiger partial charge in [-0.2, -0.15) is 5.10 Å². The molecule has 2 N–H and O–H groups in total. The summed E-state index contributed by atoms with van der Waals surface area (Å²) in [6.45, 7) is 4.80. The number of nitrogen functional groups attached to an aromatic ring is 1. The van der Waals surface area contributed by atoms with Crippen LogP contribution in [0.4, 0.5) is 15.9 Å². The minimum absolute atomic E-state index is 0.0807. The Balaban J connectivity index is 1.57. The fourth-order valence-corrected chi connectivity index (χ4v) is 5.16. The van der Waals surface area contributed by atoms with Crippen LogP contribution in [-0.2, 0) is 9.47 Å². The quantitative estimate of drug-likeness (QED) is 0.412. The van der Waals surface area contributed by atoms with Gasteiger partial charge in [0.15, 0.2) is 6.23 Å². The van der Waals surface area contributed by atoms with Crippen LogP contribution in [0, 0.1) is 5.82 Å². The average molecular weight is 489 g/mol. The summed E-state index contributed by atoms with van der Waals surface area (Å²) in [5.74, 6) is 0.339. The molecule has 0 radical (unpaired) electrons. The van der Waals surface area contributed by atoms with Gasteiger partial charge in [0.25, 0.3) is 0 Å². The minimum Gasteiger partial charge on any atom is -0.396 e. The molecule has 2 atom stereocenters. The first-order chi connectivity index (χ1) is 17.6. The monoisotopic (exact) mass is 488 g/mol. The van der Waals surface area contributed by atoms with Crippen molar-refractivity contribution in [3.05, 3.63) is 54.6 Å². The van der Waals surface area contributed by atoms with E-state index in [0.29, 0.717) is 43.1 Å². The molecule has 6 rings (SSSR count). The van der Waals surface area contributed by atoms with Gasteiger partial charge in [-0.15, -0.1) is 0 Å². The number of benzene rings is 1. The molecule has 0 amide bonds. The minimum atomic E-state index is -0.444. The van der Waals surface area contributed by atoms with Crippen molar-refractivity contribution in [2.24, 2.45) is 0 Å². The van der Waals surface area contributed by atoms with Gasteiger partial charge in [-0.1, -0.05) is 12.1 Å². The van der Waals surface area contributed by atoms with Crippen LogP contribution in [0.5, 0.6) is 0 Å². The molecule has 2 saturated heterocycles. The number of nitrogens with two attached hydrogens (primary N) is 1. The van der Waals surface area contributed by atoms with Crippen LogP contribution >= 0.6 is 0 Å². The van der Waals surface area contributed by atoms with Gasteiger partial charge >= 0.3 is 0 Å². The van der Waals surface area contributed by atoms with Crippen LogP contribution in [-0.4, -0.2) is 52.2 Å². The Morgan fingerprint density at radius 2 is 1.97 bits per heavy atom. The van der Waals surface area contributed by atoms with Crippen LogP contribution < -0.4 is 10.6 Å². The van der Waals surface area contributed by atoms with E-state index in [1.165, 1.54) is 6.07 Å². The Labute approximate surface area is 208 Å². The highest BCUT2D eigenvalue weighted by molar-refractivity contribution is 6.03. The van der Waals surface area contributed by atoms with E-state index < -0.39 is 5.82 Å². The molecule has 2 aliphatic rings. The van der Waals surface area contributed by atoms with Gasteiger partial charge in [0, 0.05) is 43.0 Å². The molecule has 0 saturated carbocycles. The largest absolute Gasteiger partial charge is 0.396 e. The van der Waals surface area contributed by atoms with Gasteiger partial charge in [0.2, 0.25) is 0 Å². The standard InChI is InChI=1S/C27H29FN6O2/c1-17-16-33(12-14-35-17)23-15-20(18-5-4-6-21(28)25(18)29)19-8-10-30-27(26(19)32-23)22-9-11-31-34(22)24-7-2-3-13-36-24/h4-6,8-11,15,17,24H,2-3,7,12-14,16,29H2,1H3. The maximum Gasteiger partial charge on any atom is 0.150 e. The molecule has 0 bridgehead atoms. The predicted octanol–water partition coefficient (Wildman–Crippen LogP) is 4.81. The Morgan fingerprint density at radius 3 is 2.81 bits per heavy atom. The van der Waals surface area contributed by atoms with Crippen molar-refractivity contribution in [3.63, 3.8) is 0 Å². The Kier molecular flexibility index (Phi) is 6.02. The summed E-state index contributed by atoms with van der Waals surface area (Å²) in [6.07, 6.45) is 6.52. The number of morpholine rings is 1. The summed E-state index contributed by atoms with van der Waals surface area (Å²) in [6, 6.07) is 10.8. The SMILES string of the molecule is CC1CN(c2cc(-c3cccc(F)c3N)c3ccnc(-c4ccnn4C4CCCCO4)c3n2)CCO1. The lowest BCUT2D eigenvalue weighted by atomic mass is 9.98. The number of pyridine rings is 2. The van der Waals surface area contributed by atoms with Crippen LogP contribution in [0.15, 0.2) is 48.8 Å². The van der Waals surface area contributed by atoms with Gasteiger partial charge < -0.3 is 20.1 Å². The molecular formula is C27H29FN6O2. The number of nitrogens with zero attached hydrogens (tertiary/aromatic N) is 5. The van der Waals surface area contributed by atoms with E-state index in [9.17, 15) is 4.39 Å². The molecule has 4 aromatic rings. The Morgan fingerprint density at radius 1 is 1.06 bits per heavy atom. The van der Waals surface area contributed by atoms with Crippen molar-refractivity contribution < 1.29 is 13.9 Å². The smallest absolute Gasteiger partial charge is 0.150 e. The lowest BCUT2D eigenvalue weighted by molar-refractivity contribution is -0.0383. The molecule has 36 heavy (non-hydrogen) atoms. The number of para-hydroxylation sites is 1.